The fraction of sp³-hybridized carbons (Fsp3) is 0.176. The van der Waals surface area contributed by atoms with Gasteiger partial charge in [0.05, 0.1) is 11.1 Å². The molecule has 0 heterocycles. The second-order valence-electron chi connectivity index (χ2n) is 4.98. The molecule has 0 fully saturated rings. The van der Waals surface area contributed by atoms with Gasteiger partial charge in [-0.1, -0.05) is 30.3 Å². The average molecular weight is 463 g/mol. The monoisotopic (exact) mass is 463 g/mol. The molecular weight excluding hydrogens is 450 g/mol. The third-order valence-electron chi connectivity index (χ3n) is 3.22. The average Bonchev–Trinajstić information content (AvgIpc) is 2.57. The molecule has 0 atom stereocenters. The lowest BCUT2D eigenvalue weighted by atomic mass is 10.1. The topological polar surface area (TPSA) is 55.4 Å². The van der Waals surface area contributed by atoms with Crippen LogP contribution >= 0.6 is 22.6 Å². The summed E-state index contributed by atoms with van der Waals surface area (Å²) in [6.45, 7) is -0.953. The molecular formula is C17H13F3INO3. The van der Waals surface area contributed by atoms with Gasteiger partial charge in [-0.3, -0.25) is 9.59 Å². The second kappa shape index (κ2) is 8.32. The van der Waals surface area contributed by atoms with Crippen molar-refractivity contribution >= 4 is 34.5 Å². The molecule has 0 saturated heterocycles. The van der Waals surface area contributed by atoms with E-state index in [-0.39, 0.29) is 5.56 Å². The van der Waals surface area contributed by atoms with Crippen LogP contribution in [-0.2, 0) is 22.3 Å². The lowest BCUT2D eigenvalue weighted by Crippen LogP contribution is -2.31. The number of esters is 1. The summed E-state index contributed by atoms with van der Waals surface area (Å²) in [5.74, 6) is -1.28. The number of benzene rings is 2. The summed E-state index contributed by atoms with van der Waals surface area (Å²) in [5, 5.41) is 2.38. The van der Waals surface area contributed by atoms with Gasteiger partial charge in [0, 0.05) is 9.13 Å². The quantitative estimate of drug-likeness (QED) is 0.543. The highest BCUT2D eigenvalue weighted by molar-refractivity contribution is 14.1. The van der Waals surface area contributed by atoms with Crippen molar-refractivity contribution in [1.29, 1.82) is 0 Å². The van der Waals surface area contributed by atoms with Crippen LogP contribution in [0.5, 0.6) is 0 Å². The van der Waals surface area contributed by atoms with E-state index >= 15 is 0 Å². The van der Waals surface area contributed by atoms with E-state index < -0.39 is 36.8 Å². The third kappa shape index (κ3) is 5.45. The minimum absolute atomic E-state index is 0.146. The van der Waals surface area contributed by atoms with Crippen LogP contribution in [0.4, 0.5) is 13.2 Å². The smallest absolute Gasteiger partial charge is 0.416 e. The summed E-state index contributed by atoms with van der Waals surface area (Å²) < 4.78 is 44.1. The van der Waals surface area contributed by atoms with E-state index in [1.165, 1.54) is 18.2 Å². The Morgan fingerprint density at radius 1 is 1.04 bits per heavy atom. The van der Waals surface area contributed by atoms with Gasteiger partial charge in [-0.2, -0.15) is 13.2 Å². The molecule has 0 spiro atoms. The molecule has 0 bridgehead atoms. The Bertz CT molecular complexity index is 778. The Labute approximate surface area is 155 Å². The van der Waals surface area contributed by atoms with Crippen molar-refractivity contribution in [1.82, 2.24) is 5.32 Å². The summed E-state index contributed by atoms with van der Waals surface area (Å²) in [6.07, 6.45) is -4.53. The minimum atomic E-state index is -4.53. The van der Waals surface area contributed by atoms with E-state index in [1.807, 2.05) is 22.6 Å². The number of carbonyl (C=O) groups excluding carboxylic acids is 2. The Morgan fingerprint density at radius 3 is 2.36 bits per heavy atom. The van der Waals surface area contributed by atoms with Crippen LogP contribution in [0.1, 0.15) is 21.5 Å². The maximum atomic E-state index is 12.9. The number of rotatable bonds is 5. The largest absolute Gasteiger partial charge is 0.459 e. The Morgan fingerprint density at radius 2 is 1.68 bits per heavy atom. The van der Waals surface area contributed by atoms with Crippen LogP contribution in [0.25, 0.3) is 0 Å². The summed E-state index contributed by atoms with van der Waals surface area (Å²) in [6, 6.07) is 11.6. The third-order valence-corrected chi connectivity index (χ3v) is 4.16. The van der Waals surface area contributed by atoms with Crippen molar-refractivity contribution < 1.29 is 27.5 Å². The summed E-state index contributed by atoms with van der Waals surface area (Å²) in [5.41, 5.74) is -0.601. The van der Waals surface area contributed by atoms with E-state index in [4.69, 9.17) is 4.74 Å². The molecule has 2 aromatic rings. The fourth-order valence-electron chi connectivity index (χ4n) is 2.03. The van der Waals surface area contributed by atoms with Crippen LogP contribution in [0.2, 0.25) is 0 Å². The first kappa shape index (κ1) is 19.2. The van der Waals surface area contributed by atoms with E-state index in [0.717, 1.165) is 6.07 Å². The number of carbonyl (C=O) groups is 2. The highest BCUT2D eigenvalue weighted by Gasteiger charge is 2.33. The minimum Gasteiger partial charge on any atom is -0.459 e. The molecule has 0 aliphatic heterocycles. The molecule has 0 saturated carbocycles. The first-order valence-electron chi connectivity index (χ1n) is 7.12. The molecule has 1 amide bonds. The number of hydrogen-bond donors (Lipinski definition) is 1. The van der Waals surface area contributed by atoms with E-state index in [9.17, 15) is 22.8 Å². The molecule has 2 aromatic carbocycles. The first-order valence-corrected chi connectivity index (χ1v) is 8.20. The number of amides is 1. The molecule has 0 aromatic heterocycles. The Balaban J connectivity index is 1.90. The van der Waals surface area contributed by atoms with Crippen LogP contribution in [-0.4, -0.2) is 18.4 Å². The zero-order valence-corrected chi connectivity index (χ0v) is 14.9. The predicted molar refractivity (Wildman–Crippen MR) is 92.7 cm³/mol. The predicted octanol–water partition coefficient (Wildman–Crippen LogP) is 3.78. The van der Waals surface area contributed by atoms with Gasteiger partial charge in [-0.25, -0.2) is 0 Å². The summed E-state index contributed by atoms with van der Waals surface area (Å²) >= 11 is 1.98. The van der Waals surface area contributed by atoms with E-state index in [0.29, 0.717) is 9.13 Å². The summed E-state index contributed by atoms with van der Waals surface area (Å²) in [4.78, 5) is 23.6. The van der Waals surface area contributed by atoms with Gasteiger partial charge in [0.2, 0.25) is 0 Å². The van der Waals surface area contributed by atoms with Crippen LogP contribution in [0.3, 0.4) is 0 Å². The van der Waals surface area contributed by atoms with E-state index in [1.54, 1.807) is 24.3 Å². The zero-order valence-electron chi connectivity index (χ0n) is 12.8. The second-order valence-corrected chi connectivity index (χ2v) is 6.14. The standard InChI is InChI=1S/C17H13F3INO3/c18-17(19,20)13-7-3-1-5-11(13)10-25-15(23)9-22-16(24)12-6-2-4-8-14(12)21/h1-8H,9-10H2,(H,22,24). The first-order chi connectivity index (χ1) is 11.8. The van der Waals surface area contributed by atoms with Gasteiger partial charge >= 0.3 is 12.1 Å². The fourth-order valence-corrected chi connectivity index (χ4v) is 2.66. The Kier molecular flexibility index (Phi) is 6.40. The molecule has 25 heavy (non-hydrogen) atoms. The maximum Gasteiger partial charge on any atom is 0.416 e. The molecule has 1 N–H and O–H groups in total. The van der Waals surface area contributed by atoms with Gasteiger partial charge in [-0.05, 0) is 40.8 Å². The SMILES string of the molecule is O=C(CNC(=O)c1ccccc1I)OCc1ccccc1C(F)(F)F. The number of hydrogen-bond acceptors (Lipinski definition) is 3. The number of nitrogens with one attached hydrogen (secondary N) is 1. The molecule has 132 valence electrons. The van der Waals surface area contributed by atoms with Crippen molar-refractivity contribution in [3.8, 4) is 0 Å². The lowest BCUT2D eigenvalue weighted by Gasteiger charge is -2.13. The van der Waals surface area contributed by atoms with Gasteiger partial charge in [0.15, 0.2) is 0 Å². The number of alkyl halides is 3. The van der Waals surface area contributed by atoms with Crippen LogP contribution in [0, 0.1) is 3.57 Å². The van der Waals surface area contributed by atoms with Crippen molar-refractivity contribution in [2.24, 2.45) is 0 Å². The highest BCUT2D eigenvalue weighted by Crippen LogP contribution is 2.32. The van der Waals surface area contributed by atoms with Gasteiger partial charge in [0.25, 0.3) is 5.91 Å². The normalized spacial score (nSPS) is 11.0. The van der Waals surface area contributed by atoms with Crippen molar-refractivity contribution in [2.45, 2.75) is 12.8 Å². The highest BCUT2D eigenvalue weighted by atomic mass is 127. The molecule has 0 aliphatic rings. The molecule has 8 heteroatoms. The zero-order chi connectivity index (χ0) is 18.4. The summed E-state index contributed by atoms with van der Waals surface area (Å²) in [7, 11) is 0. The van der Waals surface area contributed by atoms with Gasteiger partial charge < -0.3 is 10.1 Å². The lowest BCUT2D eigenvalue weighted by molar-refractivity contribution is -0.146. The maximum absolute atomic E-state index is 12.9. The molecule has 0 radical (unpaired) electrons. The van der Waals surface area contributed by atoms with Gasteiger partial charge in [-0.15, -0.1) is 0 Å². The van der Waals surface area contributed by atoms with Crippen molar-refractivity contribution in [3.05, 3.63) is 68.8 Å². The molecule has 2 rings (SSSR count). The van der Waals surface area contributed by atoms with Crippen LogP contribution < -0.4 is 5.32 Å². The molecule has 0 aliphatic carbocycles. The van der Waals surface area contributed by atoms with E-state index in [2.05, 4.69) is 5.32 Å². The van der Waals surface area contributed by atoms with Crippen LogP contribution in [0.15, 0.2) is 48.5 Å². The number of halogens is 4. The van der Waals surface area contributed by atoms with Crippen molar-refractivity contribution in [3.63, 3.8) is 0 Å². The van der Waals surface area contributed by atoms with Gasteiger partial charge in [0.1, 0.15) is 13.2 Å². The molecule has 0 unspecified atom stereocenters. The molecule has 4 nitrogen and oxygen atoms in total. The van der Waals surface area contributed by atoms with Crippen molar-refractivity contribution in [2.75, 3.05) is 6.54 Å². The number of ether oxygens (including phenoxy) is 1. The Hall–Kier alpha value is -2.10.